The molecule has 2 nitrogen and oxygen atoms in total. The molecule has 15 heavy (non-hydrogen) atoms. The van der Waals surface area contributed by atoms with Crippen LogP contribution >= 0.6 is 11.3 Å². The minimum Gasteiger partial charge on any atom is -0.384 e. The summed E-state index contributed by atoms with van der Waals surface area (Å²) in [6.07, 6.45) is 1.77. The van der Waals surface area contributed by atoms with Gasteiger partial charge in [-0.2, -0.15) is 0 Å². The lowest BCUT2D eigenvalue weighted by atomic mass is 10.2. The zero-order valence-corrected chi connectivity index (χ0v) is 8.79. The normalized spacial score (nSPS) is 9.40. The third-order valence-corrected chi connectivity index (χ3v) is 2.78. The van der Waals surface area contributed by atoms with Gasteiger partial charge in [-0.05, 0) is 18.2 Å². The Kier molecular flexibility index (Phi) is 3.13. The molecule has 74 valence electrons. The average molecular weight is 215 g/mol. The molecule has 2 aromatic heterocycles. The first-order valence-corrected chi connectivity index (χ1v) is 5.38. The lowest BCUT2D eigenvalue weighted by Gasteiger charge is -1.92. The molecule has 0 aliphatic carbocycles. The van der Waals surface area contributed by atoms with Crippen LogP contribution in [0.15, 0.2) is 35.8 Å². The second kappa shape index (κ2) is 4.74. The van der Waals surface area contributed by atoms with Crippen LogP contribution in [0.4, 0.5) is 0 Å². The quantitative estimate of drug-likeness (QED) is 0.739. The maximum absolute atomic E-state index is 8.57. The summed E-state index contributed by atoms with van der Waals surface area (Å²) in [5.74, 6) is 5.49. The molecule has 0 fully saturated rings. The van der Waals surface area contributed by atoms with E-state index in [2.05, 4.69) is 16.8 Å². The van der Waals surface area contributed by atoms with E-state index in [4.69, 9.17) is 5.11 Å². The number of hydrogen-bond acceptors (Lipinski definition) is 3. The molecule has 0 amide bonds. The molecular weight excluding hydrogens is 206 g/mol. The minimum atomic E-state index is -0.102. The molecular formula is C12H9NOS. The topological polar surface area (TPSA) is 33.1 Å². The fraction of sp³-hybridized carbons (Fsp3) is 0.0833. The van der Waals surface area contributed by atoms with Crippen molar-refractivity contribution in [3.63, 3.8) is 0 Å². The highest BCUT2D eigenvalue weighted by Gasteiger charge is 2.00. The highest BCUT2D eigenvalue weighted by molar-refractivity contribution is 7.13. The second-order valence-corrected chi connectivity index (χ2v) is 3.79. The van der Waals surface area contributed by atoms with E-state index in [-0.39, 0.29) is 6.61 Å². The first-order valence-electron chi connectivity index (χ1n) is 4.50. The highest BCUT2D eigenvalue weighted by atomic mass is 32.1. The molecule has 0 saturated heterocycles. The van der Waals surface area contributed by atoms with Gasteiger partial charge < -0.3 is 5.11 Å². The maximum Gasteiger partial charge on any atom is 0.104 e. The van der Waals surface area contributed by atoms with Crippen molar-refractivity contribution in [1.29, 1.82) is 0 Å². The highest BCUT2D eigenvalue weighted by Crippen LogP contribution is 2.24. The Bertz CT molecular complexity index is 493. The average Bonchev–Trinajstić information content (AvgIpc) is 2.76. The van der Waals surface area contributed by atoms with Gasteiger partial charge in [-0.15, -0.1) is 11.3 Å². The van der Waals surface area contributed by atoms with Gasteiger partial charge in [0.1, 0.15) is 6.61 Å². The van der Waals surface area contributed by atoms with E-state index in [9.17, 15) is 0 Å². The first kappa shape index (κ1) is 9.91. The van der Waals surface area contributed by atoms with Crippen molar-refractivity contribution in [2.75, 3.05) is 6.61 Å². The van der Waals surface area contributed by atoms with E-state index in [1.807, 2.05) is 29.6 Å². The van der Waals surface area contributed by atoms with Crippen LogP contribution in [0.1, 0.15) is 5.56 Å². The minimum absolute atomic E-state index is 0.102. The third-order valence-electron chi connectivity index (χ3n) is 1.83. The Hall–Kier alpha value is -1.63. The first-order chi connectivity index (χ1) is 7.40. The van der Waals surface area contributed by atoms with E-state index < -0.39 is 0 Å². The molecule has 0 atom stereocenters. The van der Waals surface area contributed by atoms with E-state index in [0.29, 0.717) is 0 Å². The molecule has 3 heteroatoms. The number of aliphatic hydroxyl groups is 1. The van der Waals surface area contributed by atoms with Crippen LogP contribution in [0.3, 0.4) is 0 Å². The molecule has 0 saturated carbocycles. The number of thiophene rings is 1. The summed E-state index contributed by atoms with van der Waals surface area (Å²) in [7, 11) is 0. The van der Waals surface area contributed by atoms with Crippen molar-refractivity contribution in [3.05, 3.63) is 41.4 Å². The largest absolute Gasteiger partial charge is 0.384 e. The molecule has 0 bridgehead atoms. The van der Waals surface area contributed by atoms with Crippen molar-refractivity contribution in [1.82, 2.24) is 4.98 Å². The van der Waals surface area contributed by atoms with Gasteiger partial charge in [0, 0.05) is 17.1 Å². The van der Waals surface area contributed by atoms with Gasteiger partial charge in [-0.1, -0.05) is 17.9 Å². The van der Waals surface area contributed by atoms with Crippen LogP contribution in [-0.4, -0.2) is 16.7 Å². The summed E-state index contributed by atoms with van der Waals surface area (Å²) in [5.41, 5.74) is 1.88. The van der Waals surface area contributed by atoms with Gasteiger partial charge in [0.05, 0.1) is 10.6 Å². The molecule has 0 radical (unpaired) electrons. The third kappa shape index (κ3) is 2.44. The molecule has 0 aliphatic heterocycles. The fourth-order valence-electron chi connectivity index (χ4n) is 1.19. The second-order valence-electron chi connectivity index (χ2n) is 2.87. The Labute approximate surface area is 92.2 Å². The van der Waals surface area contributed by atoms with Crippen LogP contribution in [-0.2, 0) is 0 Å². The number of rotatable bonds is 1. The van der Waals surface area contributed by atoms with Crippen LogP contribution in [0.2, 0.25) is 0 Å². The predicted octanol–water partition coefficient (Wildman–Crippen LogP) is 2.15. The Morgan fingerprint density at radius 1 is 1.40 bits per heavy atom. The Balaban J connectivity index is 2.28. The number of aliphatic hydroxyl groups excluding tert-OH is 1. The van der Waals surface area contributed by atoms with Crippen LogP contribution in [0.25, 0.3) is 10.6 Å². The van der Waals surface area contributed by atoms with Crippen molar-refractivity contribution >= 4 is 11.3 Å². The van der Waals surface area contributed by atoms with Crippen LogP contribution in [0.5, 0.6) is 0 Å². The molecule has 0 aromatic carbocycles. The lowest BCUT2D eigenvalue weighted by molar-refractivity contribution is 0.350. The van der Waals surface area contributed by atoms with Gasteiger partial charge in [0.15, 0.2) is 0 Å². The number of pyridine rings is 1. The Morgan fingerprint density at radius 3 is 3.07 bits per heavy atom. The van der Waals surface area contributed by atoms with E-state index in [1.165, 1.54) is 0 Å². The van der Waals surface area contributed by atoms with Gasteiger partial charge in [-0.25, -0.2) is 0 Å². The van der Waals surface area contributed by atoms with E-state index in [1.54, 1.807) is 17.5 Å². The zero-order chi connectivity index (χ0) is 10.5. The summed E-state index contributed by atoms with van der Waals surface area (Å²) in [6, 6.07) is 7.80. The standard InChI is InChI=1S/C12H9NOS/c14-7-3-4-10-8-12(15-9-10)11-5-1-2-6-13-11/h1-2,5-6,8-9,14H,7H2. The number of hydrogen-bond donors (Lipinski definition) is 1. The monoisotopic (exact) mass is 215 g/mol. The van der Waals surface area contributed by atoms with Crippen molar-refractivity contribution in [2.24, 2.45) is 0 Å². The predicted molar refractivity (Wildman–Crippen MR) is 61.5 cm³/mol. The summed E-state index contributed by atoms with van der Waals surface area (Å²) in [4.78, 5) is 5.35. The van der Waals surface area contributed by atoms with Gasteiger partial charge in [0.25, 0.3) is 0 Å². The van der Waals surface area contributed by atoms with Crippen molar-refractivity contribution in [3.8, 4) is 22.4 Å². The van der Waals surface area contributed by atoms with Gasteiger partial charge in [0.2, 0.25) is 0 Å². The zero-order valence-electron chi connectivity index (χ0n) is 7.97. The summed E-state index contributed by atoms with van der Waals surface area (Å²) < 4.78 is 0. The van der Waals surface area contributed by atoms with Crippen molar-refractivity contribution in [2.45, 2.75) is 0 Å². The molecule has 0 spiro atoms. The Morgan fingerprint density at radius 2 is 2.33 bits per heavy atom. The van der Waals surface area contributed by atoms with Crippen LogP contribution < -0.4 is 0 Å². The molecule has 2 heterocycles. The van der Waals surface area contributed by atoms with Gasteiger partial charge in [-0.3, -0.25) is 4.98 Å². The molecule has 2 rings (SSSR count). The summed E-state index contributed by atoms with van der Waals surface area (Å²) in [6.45, 7) is -0.102. The maximum atomic E-state index is 8.57. The molecule has 2 aromatic rings. The lowest BCUT2D eigenvalue weighted by Crippen LogP contribution is -1.76. The van der Waals surface area contributed by atoms with Gasteiger partial charge >= 0.3 is 0 Å². The van der Waals surface area contributed by atoms with Crippen LogP contribution in [0, 0.1) is 11.8 Å². The van der Waals surface area contributed by atoms with E-state index >= 15 is 0 Å². The van der Waals surface area contributed by atoms with E-state index in [0.717, 1.165) is 16.1 Å². The summed E-state index contributed by atoms with van der Waals surface area (Å²) >= 11 is 1.61. The smallest absolute Gasteiger partial charge is 0.104 e. The number of aromatic nitrogens is 1. The fourth-order valence-corrected chi connectivity index (χ4v) is 2.00. The summed E-state index contributed by atoms with van der Waals surface area (Å²) in [5, 5.41) is 10.5. The van der Waals surface area contributed by atoms with Crippen molar-refractivity contribution < 1.29 is 5.11 Å². The molecule has 0 unspecified atom stereocenters. The SMILES string of the molecule is OCC#Cc1csc(-c2ccccn2)c1. The molecule has 0 aliphatic rings. The number of nitrogens with zero attached hydrogens (tertiary/aromatic N) is 1. The molecule has 1 N–H and O–H groups in total.